The van der Waals surface area contributed by atoms with Crippen molar-refractivity contribution in [2.75, 3.05) is 6.54 Å². The molecule has 1 heterocycles. The number of rotatable bonds is 18. The monoisotopic (exact) mass is 542 g/mol. The molecular formula is C26H39ClN2O4S2. The number of halogens is 1. The summed E-state index contributed by atoms with van der Waals surface area (Å²) >= 11 is 7.24. The molecule has 0 bridgehead atoms. The second-order valence-corrected chi connectivity index (χ2v) is 12.4. The lowest BCUT2D eigenvalue weighted by molar-refractivity contribution is -0.193. The molecule has 1 aromatic carbocycles. The molecule has 0 saturated heterocycles. The summed E-state index contributed by atoms with van der Waals surface area (Å²) < 4.78 is 28.4. The van der Waals surface area contributed by atoms with Crippen molar-refractivity contribution in [1.82, 2.24) is 9.79 Å². The van der Waals surface area contributed by atoms with Gasteiger partial charge in [-0.05, 0) is 36.2 Å². The van der Waals surface area contributed by atoms with E-state index in [2.05, 4.69) is 11.6 Å². The molecule has 6 nitrogen and oxygen atoms in total. The predicted molar refractivity (Wildman–Crippen MR) is 144 cm³/mol. The first kappa shape index (κ1) is 29.8. The highest BCUT2D eigenvalue weighted by Crippen LogP contribution is 2.24. The van der Waals surface area contributed by atoms with Gasteiger partial charge in [-0.2, -0.15) is 0 Å². The number of carbonyl (C=O) groups is 1. The normalized spacial score (nSPS) is 11.8. The highest BCUT2D eigenvalue weighted by Gasteiger charge is 2.18. The fraction of sp³-hybridized carbons (Fsp3) is 0.577. The minimum atomic E-state index is -3.55. The lowest BCUT2D eigenvalue weighted by Gasteiger charge is -2.20. The lowest BCUT2D eigenvalue weighted by atomic mass is 10.1. The van der Waals surface area contributed by atoms with E-state index in [-0.39, 0.29) is 10.8 Å². The molecular weight excluding hydrogens is 504 g/mol. The van der Waals surface area contributed by atoms with Crippen LogP contribution < -0.4 is 4.72 Å². The Hall–Kier alpha value is -1.45. The molecule has 0 aliphatic heterocycles. The van der Waals surface area contributed by atoms with Crippen molar-refractivity contribution in [3.05, 3.63) is 51.9 Å². The molecule has 0 radical (unpaired) electrons. The Bertz CT molecular complexity index is 995. The van der Waals surface area contributed by atoms with Crippen LogP contribution in [0.5, 0.6) is 0 Å². The Morgan fingerprint density at radius 3 is 2.26 bits per heavy atom. The van der Waals surface area contributed by atoms with Gasteiger partial charge in [0.1, 0.15) is 4.21 Å². The third-order valence-electron chi connectivity index (χ3n) is 5.56. The second kappa shape index (κ2) is 16.3. The summed E-state index contributed by atoms with van der Waals surface area (Å²) in [4.78, 5) is 17.7. The Balaban J connectivity index is 1.76. The maximum Gasteiger partial charge on any atom is 0.322 e. The fourth-order valence-electron chi connectivity index (χ4n) is 3.79. The number of hydrogen-bond acceptors (Lipinski definition) is 6. The minimum Gasteiger partial charge on any atom is -0.368 e. The van der Waals surface area contributed by atoms with Crippen LogP contribution in [0.2, 0.25) is 5.02 Å². The van der Waals surface area contributed by atoms with E-state index in [4.69, 9.17) is 16.4 Å². The van der Waals surface area contributed by atoms with Crippen LogP contribution in [0, 0.1) is 0 Å². The van der Waals surface area contributed by atoms with E-state index in [1.807, 2.05) is 12.1 Å². The van der Waals surface area contributed by atoms with Crippen molar-refractivity contribution >= 4 is 38.9 Å². The van der Waals surface area contributed by atoms with Gasteiger partial charge < -0.3 is 4.84 Å². The van der Waals surface area contributed by atoms with Gasteiger partial charge in [-0.25, -0.2) is 13.1 Å². The van der Waals surface area contributed by atoms with Crippen molar-refractivity contribution in [1.29, 1.82) is 0 Å². The van der Waals surface area contributed by atoms with Gasteiger partial charge in [-0.3, -0.25) is 4.79 Å². The van der Waals surface area contributed by atoms with Crippen molar-refractivity contribution in [2.45, 2.75) is 95.4 Å². The summed E-state index contributed by atoms with van der Waals surface area (Å²) in [6.07, 6.45) is 12.1. The molecule has 1 N–H and O–H groups in total. The van der Waals surface area contributed by atoms with Crippen molar-refractivity contribution in [3.8, 4) is 0 Å². The third-order valence-corrected chi connectivity index (χ3v) is 8.82. The summed E-state index contributed by atoms with van der Waals surface area (Å²) in [7, 11) is -3.55. The number of carbonyl (C=O) groups excluding carboxylic acids is 1. The zero-order valence-corrected chi connectivity index (χ0v) is 23.3. The van der Waals surface area contributed by atoms with Crippen LogP contribution in [0.25, 0.3) is 0 Å². The molecule has 1 aromatic heterocycles. The number of hydrogen-bond donors (Lipinski definition) is 1. The second-order valence-electron chi connectivity index (χ2n) is 8.81. The van der Waals surface area contributed by atoms with Gasteiger partial charge in [0, 0.05) is 23.4 Å². The number of nitrogens with zero attached hydrogens (tertiary/aromatic N) is 1. The van der Waals surface area contributed by atoms with E-state index in [9.17, 15) is 13.2 Å². The van der Waals surface area contributed by atoms with Crippen LogP contribution in [-0.4, -0.2) is 26.0 Å². The molecule has 196 valence electrons. The standard InChI is InChI=1S/C26H39ClN2O4S2/c1-3-4-5-6-7-8-9-10-11-12-18-28-35(31,32)26-17-16-25(34-26)21-29(33-22(2)30)20-23-14-13-15-24(27)19-23/h13-17,19,28H,3-12,18,20-21H2,1-2H3. The molecule has 0 amide bonds. The topological polar surface area (TPSA) is 75.7 Å². The van der Waals surface area contributed by atoms with Crippen LogP contribution in [0.4, 0.5) is 0 Å². The number of nitrogens with one attached hydrogen (secondary N) is 1. The van der Waals surface area contributed by atoms with Crippen LogP contribution in [0.1, 0.15) is 88.5 Å². The third kappa shape index (κ3) is 12.4. The van der Waals surface area contributed by atoms with E-state index in [0.717, 1.165) is 29.7 Å². The quantitative estimate of drug-likeness (QED) is 0.161. The van der Waals surface area contributed by atoms with Crippen molar-refractivity contribution in [3.63, 3.8) is 0 Å². The van der Waals surface area contributed by atoms with Crippen LogP contribution in [0.15, 0.2) is 40.6 Å². The molecule has 0 aliphatic carbocycles. The van der Waals surface area contributed by atoms with Gasteiger partial charge in [0.25, 0.3) is 0 Å². The first-order valence-electron chi connectivity index (χ1n) is 12.6. The summed E-state index contributed by atoms with van der Waals surface area (Å²) in [5.41, 5.74) is 0.890. The van der Waals surface area contributed by atoms with E-state index >= 15 is 0 Å². The van der Waals surface area contributed by atoms with Gasteiger partial charge in [0.2, 0.25) is 10.0 Å². The molecule has 2 aromatic rings. The predicted octanol–water partition coefficient (Wildman–Crippen LogP) is 7.08. The molecule has 2 rings (SSSR count). The first-order chi connectivity index (χ1) is 16.8. The van der Waals surface area contributed by atoms with Crippen LogP contribution in [-0.2, 0) is 32.7 Å². The number of thiophene rings is 1. The number of sulfonamides is 1. The minimum absolute atomic E-state index is 0.269. The molecule has 0 unspecified atom stereocenters. The summed E-state index contributed by atoms with van der Waals surface area (Å²) in [5, 5.41) is 2.11. The summed E-state index contributed by atoms with van der Waals surface area (Å²) in [6, 6.07) is 10.7. The molecule has 0 fully saturated rings. The van der Waals surface area contributed by atoms with Gasteiger partial charge in [0.05, 0.1) is 13.1 Å². The van der Waals surface area contributed by atoms with Gasteiger partial charge in [-0.1, -0.05) is 88.4 Å². The summed E-state index contributed by atoms with van der Waals surface area (Å²) in [6.45, 7) is 4.64. The van der Waals surface area contributed by atoms with Gasteiger partial charge in [0.15, 0.2) is 0 Å². The van der Waals surface area contributed by atoms with E-state index in [0.29, 0.717) is 18.1 Å². The van der Waals surface area contributed by atoms with Crippen LogP contribution >= 0.6 is 22.9 Å². The zero-order chi connectivity index (χ0) is 25.5. The van der Waals surface area contributed by atoms with Crippen molar-refractivity contribution < 1.29 is 18.0 Å². The molecule has 35 heavy (non-hydrogen) atoms. The highest BCUT2D eigenvalue weighted by atomic mass is 35.5. The van der Waals surface area contributed by atoms with Gasteiger partial charge >= 0.3 is 5.97 Å². The number of benzene rings is 1. The molecule has 0 atom stereocenters. The molecule has 0 spiro atoms. The zero-order valence-electron chi connectivity index (χ0n) is 20.9. The lowest BCUT2D eigenvalue weighted by Crippen LogP contribution is -2.25. The van der Waals surface area contributed by atoms with E-state index in [1.165, 1.54) is 68.3 Å². The molecule has 0 saturated carbocycles. The smallest absolute Gasteiger partial charge is 0.322 e. The highest BCUT2D eigenvalue weighted by molar-refractivity contribution is 7.91. The van der Waals surface area contributed by atoms with Crippen molar-refractivity contribution in [2.24, 2.45) is 0 Å². The Labute approximate surface area is 220 Å². The average molecular weight is 543 g/mol. The maximum absolute atomic E-state index is 12.7. The number of unbranched alkanes of at least 4 members (excludes halogenated alkanes) is 9. The Morgan fingerprint density at radius 1 is 0.971 bits per heavy atom. The Morgan fingerprint density at radius 2 is 1.63 bits per heavy atom. The molecule has 9 heteroatoms. The van der Waals surface area contributed by atoms with E-state index < -0.39 is 16.0 Å². The fourth-order valence-corrected chi connectivity index (χ4v) is 6.48. The average Bonchev–Trinajstić information content (AvgIpc) is 3.26. The Kier molecular flexibility index (Phi) is 13.9. The van der Waals surface area contributed by atoms with E-state index in [1.54, 1.807) is 24.3 Å². The number of hydroxylamine groups is 2. The summed E-state index contributed by atoms with van der Waals surface area (Å²) in [5.74, 6) is -0.436. The van der Waals surface area contributed by atoms with Gasteiger partial charge in [-0.15, -0.1) is 16.4 Å². The SMILES string of the molecule is CCCCCCCCCCCCNS(=O)(=O)c1ccc(CN(Cc2cccc(Cl)c2)OC(C)=O)s1. The maximum atomic E-state index is 12.7. The van der Waals surface area contributed by atoms with Crippen LogP contribution in [0.3, 0.4) is 0 Å². The largest absolute Gasteiger partial charge is 0.368 e. The molecule has 0 aliphatic rings. The first-order valence-corrected chi connectivity index (χ1v) is 15.2.